The number of hydrogen-bond donors (Lipinski definition) is 1. The average Bonchev–Trinajstić information content (AvgIpc) is 2.60. The second kappa shape index (κ2) is 7.85. The molecule has 0 unspecified atom stereocenters. The number of aryl methyl sites for hydroxylation is 1. The Morgan fingerprint density at radius 2 is 1.96 bits per heavy atom. The number of pyridine rings is 1. The number of benzene rings is 1. The highest BCUT2D eigenvalue weighted by Gasteiger charge is 2.19. The summed E-state index contributed by atoms with van der Waals surface area (Å²) in [7, 11) is 0. The van der Waals surface area contributed by atoms with Gasteiger partial charge in [0.15, 0.2) is 0 Å². The molecule has 1 amide bonds. The van der Waals surface area contributed by atoms with Crippen molar-refractivity contribution in [3.63, 3.8) is 0 Å². The Hall–Kier alpha value is -2.11. The maximum atomic E-state index is 12.3. The number of aromatic nitrogens is 1. The van der Waals surface area contributed by atoms with E-state index in [1.54, 1.807) is 6.20 Å². The largest absolute Gasteiger partial charge is 0.369 e. The summed E-state index contributed by atoms with van der Waals surface area (Å²) in [6.07, 6.45) is 1.72. The van der Waals surface area contributed by atoms with Crippen molar-refractivity contribution < 1.29 is 4.79 Å². The van der Waals surface area contributed by atoms with Gasteiger partial charge in [0.25, 0.3) is 0 Å². The van der Waals surface area contributed by atoms with Gasteiger partial charge in [-0.3, -0.25) is 9.69 Å². The zero-order valence-corrected chi connectivity index (χ0v) is 15.4. The molecular weight excluding hydrogens is 336 g/mol. The highest BCUT2D eigenvalue weighted by molar-refractivity contribution is 6.29. The number of carbonyl (C=O) groups excluding carboxylic acids is 1. The normalized spacial score (nSPS) is 15.2. The first-order valence-corrected chi connectivity index (χ1v) is 8.85. The molecule has 6 heteroatoms. The molecule has 1 aromatic carbocycles. The molecule has 0 radical (unpaired) electrons. The van der Waals surface area contributed by atoms with Crippen molar-refractivity contribution in [2.45, 2.75) is 13.8 Å². The molecule has 1 fully saturated rings. The smallest absolute Gasteiger partial charge is 0.238 e. The van der Waals surface area contributed by atoms with Gasteiger partial charge in [-0.05, 0) is 43.2 Å². The molecule has 0 bridgehead atoms. The van der Waals surface area contributed by atoms with Crippen LogP contribution >= 0.6 is 11.6 Å². The molecule has 132 valence electrons. The Kier molecular flexibility index (Phi) is 5.56. The van der Waals surface area contributed by atoms with Gasteiger partial charge in [0.2, 0.25) is 5.91 Å². The topological polar surface area (TPSA) is 48.5 Å². The molecule has 2 heterocycles. The van der Waals surface area contributed by atoms with E-state index >= 15 is 0 Å². The number of anilines is 2. The lowest BCUT2D eigenvalue weighted by molar-refractivity contribution is -0.117. The summed E-state index contributed by atoms with van der Waals surface area (Å²) in [6.45, 7) is 7.94. The number of carbonyl (C=O) groups is 1. The SMILES string of the molecule is Cc1cccc(NC(=O)CN2CCN(c3ccnc(Cl)c3)CC2)c1C. The molecule has 25 heavy (non-hydrogen) atoms. The van der Waals surface area contributed by atoms with Crippen LogP contribution in [0.3, 0.4) is 0 Å². The number of rotatable bonds is 4. The first kappa shape index (κ1) is 17.7. The molecule has 0 aliphatic carbocycles. The lowest BCUT2D eigenvalue weighted by Crippen LogP contribution is -2.48. The van der Waals surface area contributed by atoms with Crippen LogP contribution in [0.15, 0.2) is 36.5 Å². The standard InChI is InChI=1S/C19H23ClN4O/c1-14-4-3-5-17(15(14)2)22-19(25)13-23-8-10-24(11-9-23)16-6-7-21-18(20)12-16/h3-7,12H,8-11,13H2,1-2H3,(H,22,25). The predicted octanol–water partition coefficient (Wildman–Crippen LogP) is 3.11. The van der Waals surface area contributed by atoms with Gasteiger partial charge in [0, 0.05) is 43.8 Å². The zero-order chi connectivity index (χ0) is 17.8. The Labute approximate surface area is 153 Å². The van der Waals surface area contributed by atoms with Crippen molar-refractivity contribution >= 4 is 28.9 Å². The minimum atomic E-state index is 0.0362. The van der Waals surface area contributed by atoms with Crippen LogP contribution in [0, 0.1) is 13.8 Å². The summed E-state index contributed by atoms with van der Waals surface area (Å²) in [6, 6.07) is 9.82. The monoisotopic (exact) mass is 358 g/mol. The van der Waals surface area contributed by atoms with Crippen molar-refractivity contribution in [3.05, 3.63) is 52.8 Å². The Bertz CT molecular complexity index is 757. The van der Waals surface area contributed by atoms with E-state index < -0.39 is 0 Å². The molecule has 0 spiro atoms. The fourth-order valence-corrected chi connectivity index (χ4v) is 3.20. The van der Waals surface area contributed by atoms with Crippen LogP contribution < -0.4 is 10.2 Å². The van der Waals surface area contributed by atoms with Gasteiger partial charge >= 0.3 is 0 Å². The molecule has 0 saturated carbocycles. The van der Waals surface area contributed by atoms with Gasteiger partial charge in [0.05, 0.1) is 6.54 Å². The van der Waals surface area contributed by atoms with Crippen LogP contribution in [0.2, 0.25) is 5.15 Å². The molecule has 1 saturated heterocycles. The Morgan fingerprint density at radius 3 is 2.68 bits per heavy atom. The highest BCUT2D eigenvalue weighted by atomic mass is 35.5. The number of nitrogens with zero attached hydrogens (tertiary/aromatic N) is 3. The van der Waals surface area contributed by atoms with Crippen LogP contribution in [0.4, 0.5) is 11.4 Å². The second-order valence-electron chi connectivity index (χ2n) is 6.40. The van der Waals surface area contributed by atoms with E-state index in [9.17, 15) is 4.79 Å². The minimum Gasteiger partial charge on any atom is -0.369 e. The van der Waals surface area contributed by atoms with Crippen LogP contribution in [-0.2, 0) is 4.79 Å². The van der Waals surface area contributed by atoms with E-state index in [1.165, 1.54) is 5.56 Å². The maximum Gasteiger partial charge on any atom is 0.238 e. The van der Waals surface area contributed by atoms with E-state index in [1.807, 2.05) is 31.2 Å². The molecule has 1 aliphatic heterocycles. The number of halogens is 1. The van der Waals surface area contributed by atoms with Gasteiger partial charge in [-0.1, -0.05) is 23.7 Å². The molecular formula is C19H23ClN4O. The van der Waals surface area contributed by atoms with Gasteiger partial charge in [-0.2, -0.15) is 0 Å². The van der Waals surface area contributed by atoms with Gasteiger partial charge in [-0.15, -0.1) is 0 Å². The van der Waals surface area contributed by atoms with Gasteiger partial charge in [-0.25, -0.2) is 4.98 Å². The minimum absolute atomic E-state index is 0.0362. The average molecular weight is 359 g/mol. The van der Waals surface area contributed by atoms with E-state index in [2.05, 4.69) is 33.1 Å². The van der Waals surface area contributed by atoms with E-state index in [-0.39, 0.29) is 5.91 Å². The quantitative estimate of drug-likeness (QED) is 0.853. The predicted molar refractivity (Wildman–Crippen MR) is 102 cm³/mol. The summed E-state index contributed by atoms with van der Waals surface area (Å²) in [5, 5.41) is 3.54. The molecule has 2 aromatic rings. The summed E-state index contributed by atoms with van der Waals surface area (Å²) < 4.78 is 0. The molecule has 5 nitrogen and oxygen atoms in total. The van der Waals surface area contributed by atoms with Crippen molar-refractivity contribution in [1.29, 1.82) is 0 Å². The number of piperazine rings is 1. The third-order valence-electron chi connectivity index (χ3n) is 4.69. The van der Waals surface area contributed by atoms with Crippen molar-refractivity contribution in [2.24, 2.45) is 0 Å². The first-order chi connectivity index (χ1) is 12.0. The highest BCUT2D eigenvalue weighted by Crippen LogP contribution is 2.20. The number of nitrogens with one attached hydrogen (secondary N) is 1. The van der Waals surface area contributed by atoms with E-state index in [4.69, 9.17) is 11.6 Å². The molecule has 1 N–H and O–H groups in total. The van der Waals surface area contributed by atoms with Gasteiger partial charge < -0.3 is 10.2 Å². The van der Waals surface area contributed by atoms with Crippen LogP contribution in [0.5, 0.6) is 0 Å². The van der Waals surface area contributed by atoms with Crippen molar-refractivity contribution in [2.75, 3.05) is 42.9 Å². The molecule has 1 aromatic heterocycles. The third kappa shape index (κ3) is 4.50. The van der Waals surface area contributed by atoms with Crippen LogP contribution in [-0.4, -0.2) is 48.5 Å². The summed E-state index contributed by atoms with van der Waals surface area (Å²) in [5.74, 6) is 0.0362. The van der Waals surface area contributed by atoms with E-state index in [0.29, 0.717) is 11.7 Å². The number of amides is 1. The van der Waals surface area contributed by atoms with E-state index in [0.717, 1.165) is 43.1 Å². The lowest BCUT2D eigenvalue weighted by atomic mass is 10.1. The Balaban J connectivity index is 1.52. The third-order valence-corrected chi connectivity index (χ3v) is 4.90. The second-order valence-corrected chi connectivity index (χ2v) is 6.78. The number of hydrogen-bond acceptors (Lipinski definition) is 4. The fourth-order valence-electron chi connectivity index (χ4n) is 3.03. The zero-order valence-electron chi connectivity index (χ0n) is 14.6. The maximum absolute atomic E-state index is 12.3. The molecule has 1 aliphatic rings. The fraction of sp³-hybridized carbons (Fsp3) is 0.368. The summed E-state index contributed by atoms with van der Waals surface area (Å²) in [5.41, 5.74) is 4.28. The van der Waals surface area contributed by atoms with Crippen molar-refractivity contribution in [3.8, 4) is 0 Å². The molecule has 0 atom stereocenters. The van der Waals surface area contributed by atoms with Crippen molar-refractivity contribution in [1.82, 2.24) is 9.88 Å². The van der Waals surface area contributed by atoms with Crippen LogP contribution in [0.25, 0.3) is 0 Å². The van der Waals surface area contributed by atoms with Crippen LogP contribution in [0.1, 0.15) is 11.1 Å². The summed E-state index contributed by atoms with van der Waals surface area (Å²) >= 11 is 5.96. The first-order valence-electron chi connectivity index (χ1n) is 8.48. The summed E-state index contributed by atoms with van der Waals surface area (Å²) in [4.78, 5) is 20.8. The van der Waals surface area contributed by atoms with Gasteiger partial charge in [0.1, 0.15) is 5.15 Å². The molecule has 3 rings (SSSR count). The lowest BCUT2D eigenvalue weighted by Gasteiger charge is -2.35. The Morgan fingerprint density at radius 1 is 1.20 bits per heavy atom.